The molecule has 0 unspecified atom stereocenters. The summed E-state index contributed by atoms with van der Waals surface area (Å²) in [6.07, 6.45) is 1.91. The molecule has 0 bridgehead atoms. The fraction of sp³-hybridized carbons (Fsp3) is 0.375. The number of hydrogen-bond donors (Lipinski definition) is 1. The molecule has 1 aromatic carbocycles. The van der Waals surface area contributed by atoms with Gasteiger partial charge in [-0.05, 0) is 25.5 Å². The highest BCUT2D eigenvalue weighted by molar-refractivity contribution is 7.13. The van der Waals surface area contributed by atoms with Crippen molar-refractivity contribution in [1.82, 2.24) is 9.88 Å². The van der Waals surface area contributed by atoms with Gasteiger partial charge in [-0.3, -0.25) is 9.69 Å². The quantitative estimate of drug-likeness (QED) is 0.933. The van der Waals surface area contributed by atoms with Crippen molar-refractivity contribution >= 4 is 28.8 Å². The lowest BCUT2D eigenvalue weighted by atomic mass is 9.97. The minimum Gasteiger partial charge on any atom is -0.369 e. The molecule has 2 heterocycles. The number of hydrogen-bond acceptors (Lipinski definition) is 4. The van der Waals surface area contributed by atoms with E-state index in [1.165, 1.54) is 0 Å². The molecule has 6 heteroatoms. The summed E-state index contributed by atoms with van der Waals surface area (Å²) in [5.74, 6) is -0.227. The van der Waals surface area contributed by atoms with Crippen molar-refractivity contribution in [2.45, 2.75) is 19.4 Å². The summed E-state index contributed by atoms with van der Waals surface area (Å²) in [4.78, 5) is 18.3. The molecule has 2 N–H and O–H groups in total. The maximum Gasteiger partial charge on any atom is 0.221 e. The van der Waals surface area contributed by atoms with E-state index in [1.807, 2.05) is 24.3 Å². The Balaban J connectivity index is 1.70. The van der Waals surface area contributed by atoms with E-state index in [-0.39, 0.29) is 11.8 Å². The van der Waals surface area contributed by atoms with Crippen molar-refractivity contribution in [3.63, 3.8) is 0 Å². The minimum atomic E-state index is -0.195. The number of benzene rings is 1. The van der Waals surface area contributed by atoms with E-state index >= 15 is 0 Å². The molecule has 1 aliphatic rings. The van der Waals surface area contributed by atoms with Gasteiger partial charge in [0, 0.05) is 24.0 Å². The van der Waals surface area contributed by atoms with Gasteiger partial charge >= 0.3 is 0 Å². The van der Waals surface area contributed by atoms with Gasteiger partial charge in [-0.1, -0.05) is 29.8 Å². The van der Waals surface area contributed by atoms with Gasteiger partial charge in [-0.2, -0.15) is 0 Å². The van der Waals surface area contributed by atoms with Crippen LogP contribution in [0.4, 0.5) is 0 Å². The average Bonchev–Trinajstić information content (AvgIpc) is 2.96. The van der Waals surface area contributed by atoms with Gasteiger partial charge in [-0.15, -0.1) is 11.3 Å². The van der Waals surface area contributed by atoms with Gasteiger partial charge in [0.1, 0.15) is 5.01 Å². The minimum absolute atomic E-state index is 0.0320. The number of halogens is 1. The molecular formula is C16H18ClN3OS. The molecule has 0 radical (unpaired) electrons. The van der Waals surface area contributed by atoms with E-state index in [1.54, 1.807) is 11.3 Å². The second-order valence-corrected chi connectivity index (χ2v) is 6.87. The highest BCUT2D eigenvalue weighted by atomic mass is 35.5. The predicted octanol–water partition coefficient (Wildman–Crippen LogP) is 3.16. The molecule has 0 saturated carbocycles. The van der Waals surface area contributed by atoms with Crippen molar-refractivity contribution in [3.05, 3.63) is 40.4 Å². The van der Waals surface area contributed by atoms with Crippen LogP contribution in [0, 0.1) is 5.92 Å². The van der Waals surface area contributed by atoms with E-state index in [4.69, 9.17) is 17.3 Å². The Morgan fingerprint density at radius 1 is 1.45 bits per heavy atom. The highest BCUT2D eigenvalue weighted by Gasteiger charge is 2.24. The monoisotopic (exact) mass is 335 g/mol. The molecule has 0 aliphatic carbocycles. The van der Waals surface area contributed by atoms with Crippen LogP contribution >= 0.6 is 22.9 Å². The molecule has 2 aromatic rings. The van der Waals surface area contributed by atoms with Gasteiger partial charge in [0.25, 0.3) is 0 Å². The van der Waals surface area contributed by atoms with Crippen molar-refractivity contribution in [2.24, 2.45) is 11.7 Å². The van der Waals surface area contributed by atoms with Gasteiger partial charge in [-0.25, -0.2) is 4.98 Å². The van der Waals surface area contributed by atoms with Gasteiger partial charge in [0.15, 0.2) is 0 Å². The Bertz CT molecular complexity index is 673. The summed E-state index contributed by atoms with van der Waals surface area (Å²) >= 11 is 7.82. The topological polar surface area (TPSA) is 59.2 Å². The van der Waals surface area contributed by atoms with Crippen LogP contribution in [0.15, 0.2) is 29.6 Å². The van der Waals surface area contributed by atoms with Crippen molar-refractivity contribution < 1.29 is 4.79 Å². The summed E-state index contributed by atoms with van der Waals surface area (Å²) in [7, 11) is 0. The van der Waals surface area contributed by atoms with Gasteiger partial charge in [0.05, 0.1) is 16.6 Å². The SMILES string of the molecule is NC(=O)[C@H]1CCCN(Cc2csc(-c3ccccc3Cl)n2)C1. The van der Waals surface area contributed by atoms with Crippen LogP contribution < -0.4 is 5.73 Å². The Morgan fingerprint density at radius 3 is 3.05 bits per heavy atom. The van der Waals surface area contributed by atoms with Crippen LogP contribution in [0.2, 0.25) is 5.02 Å². The largest absolute Gasteiger partial charge is 0.369 e. The Kier molecular flexibility index (Phi) is 4.76. The predicted molar refractivity (Wildman–Crippen MR) is 89.8 cm³/mol. The molecule has 1 amide bonds. The molecule has 4 nitrogen and oxygen atoms in total. The number of primary amides is 1. The third-order valence-corrected chi connectivity index (χ3v) is 5.20. The molecule has 1 aliphatic heterocycles. The highest BCUT2D eigenvalue weighted by Crippen LogP contribution is 2.30. The number of amides is 1. The maximum atomic E-state index is 11.3. The lowest BCUT2D eigenvalue weighted by molar-refractivity contribution is -0.123. The van der Waals surface area contributed by atoms with Crippen LogP contribution in [0.3, 0.4) is 0 Å². The first-order valence-corrected chi connectivity index (χ1v) is 8.60. The van der Waals surface area contributed by atoms with Crippen LogP contribution in [0.1, 0.15) is 18.5 Å². The van der Waals surface area contributed by atoms with E-state index in [0.29, 0.717) is 0 Å². The molecule has 1 aromatic heterocycles. The van der Waals surface area contributed by atoms with Gasteiger partial charge < -0.3 is 5.73 Å². The molecule has 3 rings (SSSR count). The number of nitrogens with two attached hydrogens (primary N) is 1. The number of likely N-dealkylation sites (tertiary alicyclic amines) is 1. The molecular weight excluding hydrogens is 318 g/mol. The van der Waals surface area contributed by atoms with E-state index in [9.17, 15) is 4.79 Å². The fourth-order valence-corrected chi connectivity index (χ4v) is 3.93. The lowest BCUT2D eigenvalue weighted by Gasteiger charge is -2.30. The standard InChI is InChI=1S/C16H18ClN3OS/c17-14-6-2-1-5-13(14)16-19-12(10-22-16)9-20-7-3-4-11(8-20)15(18)21/h1-2,5-6,10-11H,3-4,7-9H2,(H2,18,21)/t11-/m0/s1. The second-order valence-electron chi connectivity index (χ2n) is 5.60. The summed E-state index contributed by atoms with van der Waals surface area (Å²) in [5.41, 5.74) is 7.41. The molecule has 116 valence electrons. The number of thiazole rings is 1. The summed E-state index contributed by atoms with van der Waals surface area (Å²) in [6, 6.07) is 7.73. The third kappa shape index (κ3) is 3.48. The number of rotatable bonds is 4. The number of piperidine rings is 1. The lowest BCUT2D eigenvalue weighted by Crippen LogP contribution is -2.40. The van der Waals surface area contributed by atoms with Gasteiger partial charge in [0.2, 0.25) is 5.91 Å². The Hall–Kier alpha value is -1.43. The normalized spacial score (nSPS) is 19.2. The molecule has 1 fully saturated rings. The summed E-state index contributed by atoms with van der Waals surface area (Å²) in [6.45, 7) is 2.47. The van der Waals surface area contributed by atoms with Crippen LogP contribution in [-0.2, 0) is 11.3 Å². The molecule has 0 spiro atoms. The van der Waals surface area contributed by atoms with Crippen LogP contribution in [-0.4, -0.2) is 28.9 Å². The number of nitrogens with zero attached hydrogens (tertiary/aromatic N) is 2. The van der Waals surface area contributed by atoms with Crippen molar-refractivity contribution in [1.29, 1.82) is 0 Å². The summed E-state index contributed by atoms with van der Waals surface area (Å²) in [5, 5.41) is 3.71. The molecule has 1 atom stereocenters. The molecule has 1 saturated heterocycles. The first-order valence-electron chi connectivity index (χ1n) is 7.34. The third-order valence-electron chi connectivity index (χ3n) is 3.95. The maximum absolute atomic E-state index is 11.3. The first kappa shape index (κ1) is 15.5. The smallest absolute Gasteiger partial charge is 0.221 e. The summed E-state index contributed by atoms with van der Waals surface area (Å²) < 4.78 is 0. The zero-order valence-electron chi connectivity index (χ0n) is 12.2. The van der Waals surface area contributed by atoms with Crippen molar-refractivity contribution in [2.75, 3.05) is 13.1 Å². The van der Waals surface area contributed by atoms with E-state index in [2.05, 4.69) is 15.3 Å². The fourth-order valence-electron chi connectivity index (χ4n) is 2.80. The zero-order valence-corrected chi connectivity index (χ0v) is 13.7. The van der Waals surface area contributed by atoms with E-state index < -0.39 is 0 Å². The number of aromatic nitrogens is 1. The average molecular weight is 336 g/mol. The zero-order chi connectivity index (χ0) is 15.5. The molecule has 22 heavy (non-hydrogen) atoms. The van der Waals surface area contributed by atoms with E-state index in [0.717, 1.165) is 53.8 Å². The van der Waals surface area contributed by atoms with Crippen molar-refractivity contribution in [3.8, 4) is 10.6 Å². The Labute approximate surface area is 138 Å². The Morgan fingerprint density at radius 2 is 2.27 bits per heavy atom. The second kappa shape index (κ2) is 6.77. The van der Waals surface area contributed by atoms with Crippen LogP contribution in [0.5, 0.6) is 0 Å². The number of carbonyl (C=O) groups excluding carboxylic acids is 1. The first-order chi connectivity index (χ1) is 10.6. The number of carbonyl (C=O) groups is 1. The van der Waals surface area contributed by atoms with Crippen LogP contribution in [0.25, 0.3) is 10.6 Å².